The van der Waals surface area contributed by atoms with Crippen molar-refractivity contribution in [3.8, 4) is 11.5 Å². The molecular weight excluding hydrogens is 340 g/mol. The summed E-state index contributed by atoms with van der Waals surface area (Å²) in [7, 11) is 0. The van der Waals surface area contributed by atoms with Crippen LogP contribution in [0.2, 0.25) is 0 Å². The summed E-state index contributed by atoms with van der Waals surface area (Å²) in [5.74, 6) is 1.63. The third-order valence-electron chi connectivity index (χ3n) is 5.17. The van der Waals surface area contributed by atoms with Gasteiger partial charge in [-0.2, -0.15) is 0 Å². The van der Waals surface area contributed by atoms with Crippen molar-refractivity contribution in [2.24, 2.45) is 5.41 Å². The summed E-state index contributed by atoms with van der Waals surface area (Å²) in [5.41, 5.74) is 0.436. The van der Waals surface area contributed by atoms with Gasteiger partial charge in [-0.3, -0.25) is 4.79 Å². The molecular formula is C19H29ClN2O3. The molecule has 2 aliphatic heterocycles. The second kappa shape index (κ2) is 9.30. The van der Waals surface area contributed by atoms with Crippen LogP contribution in [-0.2, 0) is 4.79 Å². The fourth-order valence-corrected chi connectivity index (χ4v) is 3.54. The van der Waals surface area contributed by atoms with Gasteiger partial charge in [0, 0.05) is 19.6 Å². The maximum Gasteiger partial charge on any atom is 0.260 e. The minimum Gasteiger partial charge on any atom is -0.494 e. The number of benzene rings is 1. The van der Waals surface area contributed by atoms with Gasteiger partial charge in [-0.15, -0.1) is 12.4 Å². The van der Waals surface area contributed by atoms with Crippen LogP contribution in [0.15, 0.2) is 24.3 Å². The summed E-state index contributed by atoms with van der Waals surface area (Å²) >= 11 is 0. The van der Waals surface area contributed by atoms with Crippen LogP contribution >= 0.6 is 12.4 Å². The van der Waals surface area contributed by atoms with E-state index in [4.69, 9.17) is 9.47 Å². The van der Waals surface area contributed by atoms with Gasteiger partial charge in [-0.25, -0.2) is 0 Å². The van der Waals surface area contributed by atoms with E-state index in [1.165, 1.54) is 6.42 Å². The lowest BCUT2D eigenvalue weighted by Crippen LogP contribution is -2.45. The molecule has 3 rings (SSSR count). The first kappa shape index (κ1) is 19.9. The van der Waals surface area contributed by atoms with Gasteiger partial charge in [-0.1, -0.05) is 6.92 Å². The van der Waals surface area contributed by atoms with Gasteiger partial charge in [-0.05, 0) is 61.9 Å². The number of rotatable bonds is 6. The van der Waals surface area contributed by atoms with E-state index in [2.05, 4.69) is 12.2 Å². The molecule has 0 unspecified atom stereocenters. The maximum absolute atomic E-state index is 12.3. The zero-order valence-corrected chi connectivity index (χ0v) is 15.8. The van der Waals surface area contributed by atoms with E-state index in [1.54, 1.807) is 0 Å². The largest absolute Gasteiger partial charge is 0.494 e. The number of amides is 1. The summed E-state index contributed by atoms with van der Waals surface area (Å²) in [6.45, 7) is 6.84. The number of nitrogens with one attached hydrogen (secondary N) is 1. The fraction of sp³-hybridized carbons (Fsp3) is 0.632. The van der Waals surface area contributed by atoms with E-state index in [9.17, 15) is 4.79 Å². The second-order valence-electron chi connectivity index (χ2n) is 6.92. The van der Waals surface area contributed by atoms with Crippen LogP contribution < -0.4 is 14.8 Å². The SMILES string of the molecule is CCCOc1ccc(OCC(=O)N2CCC3(CCNC3)CC2)cc1.Cl. The average molecular weight is 369 g/mol. The molecule has 25 heavy (non-hydrogen) atoms. The molecule has 1 amide bonds. The highest BCUT2D eigenvalue weighted by molar-refractivity contribution is 5.85. The highest BCUT2D eigenvalue weighted by atomic mass is 35.5. The Labute approximate surface area is 156 Å². The van der Waals surface area contributed by atoms with Gasteiger partial charge in [0.25, 0.3) is 5.91 Å². The smallest absolute Gasteiger partial charge is 0.260 e. The van der Waals surface area contributed by atoms with Crippen molar-refractivity contribution in [3.63, 3.8) is 0 Å². The van der Waals surface area contributed by atoms with Crippen LogP contribution in [0.3, 0.4) is 0 Å². The number of likely N-dealkylation sites (tertiary alicyclic amines) is 1. The number of ether oxygens (including phenoxy) is 2. The van der Waals surface area contributed by atoms with Crippen molar-refractivity contribution < 1.29 is 14.3 Å². The molecule has 0 aromatic heterocycles. The second-order valence-corrected chi connectivity index (χ2v) is 6.92. The Balaban J connectivity index is 0.00000225. The first-order valence-corrected chi connectivity index (χ1v) is 9.05. The topological polar surface area (TPSA) is 50.8 Å². The third kappa shape index (κ3) is 5.25. The summed E-state index contributed by atoms with van der Waals surface area (Å²) in [5, 5.41) is 3.45. The van der Waals surface area contributed by atoms with Gasteiger partial charge >= 0.3 is 0 Å². The predicted octanol–water partition coefficient (Wildman–Crippen LogP) is 2.88. The highest BCUT2D eigenvalue weighted by Gasteiger charge is 2.37. The average Bonchev–Trinajstić information content (AvgIpc) is 3.07. The molecule has 1 N–H and O–H groups in total. The molecule has 0 saturated carbocycles. The lowest BCUT2D eigenvalue weighted by molar-refractivity contribution is -0.135. The van der Waals surface area contributed by atoms with Crippen molar-refractivity contribution in [2.45, 2.75) is 32.6 Å². The van der Waals surface area contributed by atoms with Gasteiger partial charge in [0.15, 0.2) is 6.61 Å². The Morgan fingerprint density at radius 2 is 1.76 bits per heavy atom. The Bertz CT molecular complexity index is 534. The summed E-state index contributed by atoms with van der Waals surface area (Å²) in [6.07, 6.45) is 4.45. The number of halogens is 1. The number of hydrogen-bond donors (Lipinski definition) is 1. The van der Waals surface area contributed by atoms with E-state index in [0.717, 1.165) is 51.2 Å². The molecule has 1 aromatic rings. The van der Waals surface area contributed by atoms with Crippen molar-refractivity contribution >= 4 is 18.3 Å². The summed E-state index contributed by atoms with van der Waals surface area (Å²) in [4.78, 5) is 14.3. The quantitative estimate of drug-likeness (QED) is 0.838. The molecule has 0 radical (unpaired) electrons. The fourth-order valence-electron chi connectivity index (χ4n) is 3.54. The van der Waals surface area contributed by atoms with Gasteiger partial charge in [0.05, 0.1) is 6.61 Å². The van der Waals surface area contributed by atoms with Crippen LogP contribution in [0.1, 0.15) is 32.6 Å². The lowest BCUT2D eigenvalue weighted by atomic mass is 9.78. The molecule has 1 aromatic carbocycles. The van der Waals surface area contributed by atoms with Crippen molar-refractivity contribution in [3.05, 3.63) is 24.3 Å². The Kier molecular flexibility index (Phi) is 7.38. The number of carbonyl (C=O) groups excluding carboxylic acids is 1. The van der Waals surface area contributed by atoms with E-state index < -0.39 is 0 Å². The third-order valence-corrected chi connectivity index (χ3v) is 5.17. The van der Waals surface area contributed by atoms with Crippen LogP contribution in [0.5, 0.6) is 11.5 Å². The monoisotopic (exact) mass is 368 g/mol. The molecule has 140 valence electrons. The van der Waals surface area contributed by atoms with Crippen molar-refractivity contribution in [1.82, 2.24) is 10.2 Å². The van der Waals surface area contributed by atoms with Crippen LogP contribution in [0, 0.1) is 5.41 Å². The van der Waals surface area contributed by atoms with Crippen LogP contribution in [0.4, 0.5) is 0 Å². The van der Waals surface area contributed by atoms with E-state index in [0.29, 0.717) is 17.8 Å². The first-order chi connectivity index (χ1) is 11.7. The molecule has 2 saturated heterocycles. The number of piperidine rings is 1. The molecule has 0 aliphatic carbocycles. The van der Waals surface area contributed by atoms with E-state index in [-0.39, 0.29) is 24.9 Å². The molecule has 2 heterocycles. The summed E-state index contributed by atoms with van der Waals surface area (Å²) in [6, 6.07) is 7.47. The van der Waals surface area contributed by atoms with Gasteiger partial charge < -0.3 is 19.7 Å². The molecule has 0 atom stereocenters. The minimum absolute atomic E-state index is 0. The molecule has 2 aliphatic rings. The molecule has 0 bridgehead atoms. The van der Waals surface area contributed by atoms with Crippen molar-refractivity contribution in [1.29, 1.82) is 0 Å². The van der Waals surface area contributed by atoms with Crippen molar-refractivity contribution in [2.75, 3.05) is 39.4 Å². The number of hydrogen-bond acceptors (Lipinski definition) is 4. The van der Waals surface area contributed by atoms with E-state index in [1.807, 2.05) is 29.2 Å². The lowest BCUT2D eigenvalue weighted by Gasteiger charge is -2.38. The maximum atomic E-state index is 12.3. The molecule has 6 heteroatoms. The zero-order valence-electron chi connectivity index (χ0n) is 15.0. The van der Waals surface area contributed by atoms with Gasteiger partial charge in [0.1, 0.15) is 11.5 Å². The van der Waals surface area contributed by atoms with Gasteiger partial charge in [0.2, 0.25) is 0 Å². The Morgan fingerprint density at radius 3 is 2.32 bits per heavy atom. The minimum atomic E-state index is 0. The molecule has 1 spiro atoms. The first-order valence-electron chi connectivity index (χ1n) is 9.05. The van der Waals surface area contributed by atoms with Crippen LogP contribution in [0.25, 0.3) is 0 Å². The molecule has 5 nitrogen and oxygen atoms in total. The molecule has 2 fully saturated rings. The van der Waals surface area contributed by atoms with Crippen LogP contribution in [-0.4, -0.2) is 50.2 Å². The Hall–Kier alpha value is -1.46. The standard InChI is InChI=1S/C19H28N2O3.ClH/c1-2-13-23-16-3-5-17(6-4-16)24-14-18(22)21-11-8-19(9-12-21)7-10-20-15-19;/h3-6,20H,2,7-15H2,1H3;1H. The number of nitrogens with zero attached hydrogens (tertiary/aromatic N) is 1. The predicted molar refractivity (Wildman–Crippen MR) is 101 cm³/mol. The highest BCUT2D eigenvalue weighted by Crippen LogP contribution is 2.36. The van der Waals surface area contributed by atoms with E-state index >= 15 is 0 Å². The summed E-state index contributed by atoms with van der Waals surface area (Å²) < 4.78 is 11.2. The zero-order chi connectivity index (χ0) is 16.8. The normalized spacial score (nSPS) is 18.7. The number of carbonyl (C=O) groups is 1. The Morgan fingerprint density at radius 1 is 1.12 bits per heavy atom.